The van der Waals surface area contributed by atoms with Crippen molar-refractivity contribution in [3.8, 4) is 5.75 Å². The molecule has 8 heteroatoms. The highest BCUT2D eigenvalue weighted by atomic mass is 32.1. The number of benzene rings is 2. The maximum Gasteiger partial charge on any atom is 0.307 e. The zero-order valence-corrected chi connectivity index (χ0v) is 15.1. The molecule has 138 valence electrons. The molecule has 0 radical (unpaired) electrons. The minimum absolute atomic E-state index is 0.119. The minimum Gasteiger partial charge on any atom is -0.481 e. The molecule has 2 heterocycles. The largest absolute Gasteiger partial charge is 0.481 e. The summed E-state index contributed by atoms with van der Waals surface area (Å²) in [4.78, 5) is 29.7. The second-order valence-electron chi connectivity index (χ2n) is 6.29. The summed E-state index contributed by atoms with van der Waals surface area (Å²) < 4.78 is 20.2. The SMILES string of the molecule is Cc1ccc2c(c1)N(Cc1nc3c(F)cccc3s1)C(=O)C(CC(=O)O)O2. The van der Waals surface area contributed by atoms with E-state index in [2.05, 4.69) is 4.98 Å². The molecule has 0 saturated carbocycles. The minimum atomic E-state index is -1.12. The van der Waals surface area contributed by atoms with Crippen molar-refractivity contribution in [2.45, 2.75) is 26.0 Å². The Bertz CT molecular complexity index is 1070. The molecule has 0 bridgehead atoms. The number of ether oxygens (including phenoxy) is 1. The molecule has 0 spiro atoms. The molecule has 6 nitrogen and oxygen atoms in total. The predicted molar refractivity (Wildman–Crippen MR) is 98.6 cm³/mol. The Balaban J connectivity index is 1.74. The van der Waals surface area contributed by atoms with Gasteiger partial charge in [0.05, 0.1) is 23.4 Å². The zero-order valence-electron chi connectivity index (χ0n) is 14.3. The van der Waals surface area contributed by atoms with Gasteiger partial charge in [-0.05, 0) is 36.8 Å². The number of carboxylic acid groups (broad SMARTS) is 1. The number of anilines is 1. The van der Waals surface area contributed by atoms with Crippen LogP contribution < -0.4 is 9.64 Å². The first-order valence-corrected chi connectivity index (χ1v) is 9.08. The van der Waals surface area contributed by atoms with Gasteiger partial charge in [0.15, 0.2) is 6.10 Å². The van der Waals surface area contributed by atoms with Gasteiger partial charge in [-0.2, -0.15) is 0 Å². The van der Waals surface area contributed by atoms with Crippen molar-refractivity contribution in [2.24, 2.45) is 0 Å². The Labute approximate surface area is 157 Å². The molecule has 1 atom stereocenters. The standard InChI is InChI=1S/C19H15FN2O4S/c1-10-5-6-13-12(7-10)22(19(25)14(26-13)8-17(23)24)9-16-21-18-11(20)3-2-4-15(18)27-16/h2-7,14H,8-9H2,1H3,(H,23,24). The summed E-state index contributed by atoms with van der Waals surface area (Å²) in [6.07, 6.45) is -1.54. The maximum absolute atomic E-state index is 13.9. The molecule has 4 rings (SSSR count). The number of thiazole rings is 1. The third-order valence-electron chi connectivity index (χ3n) is 4.28. The van der Waals surface area contributed by atoms with E-state index in [1.54, 1.807) is 24.3 Å². The fourth-order valence-electron chi connectivity index (χ4n) is 3.05. The first-order chi connectivity index (χ1) is 12.9. The molecule has 2 aromatic carbocycles. The van der Waals surface area contributed by atoms with E-state index in [-0.39, 0.29) is 12.1 Å². The summed E-state index contributed by atoms with van der Waals surface area (Å²) >= 11 is 1.30. The van der Waals surface area contributed by atoms with E-state index >= 15 is 0 Å². The molecule has 1 aliphatic rings. The average Bonchev–Trinajstić information content (AvgIpc) is 3.03. The molecule has 0 aliphatic carbocycles. The lowest BCUT2D eigenvalue weighted by atomic mass is 10.1. The summed E-state index contributed by atoms with van der Waals surface area (Å²) in [5, 5.41) is 9.64. The molecule has 1 unspecified atom stereocenters. The first-order valence-electron chi connectivity index (χ1n) is 8.27. The van der Waals surface area contributed by atoms with Crippen molar-refractivity contribution in [1.82, 2.24) is 4.98 Å². The molecule has 3 aromatic rings. The molecular formula is C19H15FN2O4S. The second kappa shape index (κ2) is 6.62. The van der Waals surface area contributed by atoms with E-state index in [0.717, 1.165) is 5.56 Å². The van der Waals surface area contributed by atoms with Crippen molar-refractivity contribution in [3.05, 3.63) is 52.8 Å². The smallest absolute Gasteiger partial charge is 0.307 e. The normalized spacial score (nSPS) is 16.3. The summed E-state index contributed by atoms with van der Waals surface area (Å²) in [6.45, 7) is 2.01. The summed E-state index contributed by atoms with van der Waals surface area (Å²) in [7, 11) is 0. The fraction of sp³-hybridized carbons (Fsp3) is 0.211. The van der Waals surface area contributed by atoms with Gasteiger partial charge < -0.3 is 9.84 Å². The van der Waals surface area contributed by atoms with Gasteiger partial charge in [-0.1, -0.05) is 12.1 Å². The number of aryl methyl sites for hydroxylation is 1. The van der Waals surface area contributed by atoms with Crippen molar-refractivity contribution < 1.29 is 23.8 Å². The molecule has 1 N–H and O–H groups in total. The van der Waals surface area contributed by atoms with Gasteiger partial charge in [0.1, 0.15) is 22.1 Å². The van der Waals surface area contributed by atoms with E-state index in [4.69, 9.17) is 9.84 Å². The lowest BCUT2D eigenvalue weighted by Crippen LogP contribution is -2.46. The number of nitrogens with zero attached hydrogens (tertiary/aromatic N) is 2. The van der Waals surface area contributed by atoms with E-state index < -0.39 is 30.2 Å². The van der Waals surface area contributed by atoms with Crippen LogP contribution in [0.3, 0.4) is 0 Å². The highest BCUT2D eigenvalue weighted by molar-refractivity contribution is 7.18. The molecule has 1 aliphatic heterocycles. The maximum atomic E-state index is 13.9. The van der Waals surface area contributed by atoms with Gasteiger partial charge in [-0.3, -0.25) is 14.5 Å². The number of amides is 1. The summed E-state index contributed by atoms with van der Waals surface area (Å²) in [5.41, 5.74) is 1.76. The molecule has 1 amide bonds. The Morgan fingerprint density at radius 3 is 2.93 bits per heavy atom. The number of carbonyl (C=O) groups excluding carboxylic acids is 1. The monoisotopic (exact) mass is 386 g/mol. The Kier molecular flexibility index (Phi) is 4.27. The molecule has 0 fully saturated rings. The zero-order chi connectivity index (χ0) is 19.1. The third-order valence-corrected chi connectivity index (χ3v) is 5.29. The van der Waals surface area contributed by atoms with Crippen LogP contribution in [-0.2, 0) is 16.1 Å². The number of fused-ring (bicyclic) bond motifs is 2. The number of halogens is 1. The fourth-order valence-corrected chi connectivity index (χ4v) is 4.02. The van der Waals surface area contributed by atoms with Crippen LogP contribution in [0.2, 0.25) is 0 Å². The molecular weight excluding hydrogens is 371 g/mol. The van der Waals surface area contributed by atoms with Gasteiger partial charge in [-0.25, -0.2) is 9.37 Å². The first kappa shape index (κ1) is 17.4. The Hall–Kier alpha value is -3.00. The lowest BCUT2D eigenvalue weighted by Gasteiger charge is -2.33. The highest BCUT2D eigenvalue weighted by Crippen LogP contribution is 2.37. The van der Waals surface area contributed by atoms with Crippen molar-refractivity contribution in [2.75, 3.05) is 4.90 Å². The summed E-state index contributed by atoms with van der Waals surface area (Å²) in [5.74, 6) is -1.54. The van der Waals surface area contributed by atoms with Crippen LogP contribution in [0.25, 0.3) is 10.2 Å². The van der Waals surface area contributed by atoms with Crippen LogP contribution in [0.1, 0.15) is 17.0 Å². The number of aliphatic carboxylic acids is 1. The molecule has 27 heavy (non-hydrogen) atoms. The van der Waals surface area contributed by atoms with Crippen molar-refractivity contribution in [1.29, 1.82) is 0 Å². The average molecular weight is 386 g/mol. The highest BCUT2D eigenvalue weighted by Gasteiger charge is 2.36. The van der Waals surface area contributed by atoms with Crippen molar-refractivity contribution >= 4 is 39.1 Å². The van der Waals surface area contributed by atoms with E-state index in [9.17, 15) is 14.0 Å². The lowest BCUT2D eigenvalue weighted by molar-refractivity contribution is -0.142. The third kappa shape index (κ3) is 3.23. The molecule has 1 aromatic heterocycles. The van der Waals surface area contributed by atoms with Gasteiger partial charge >= 0.3 is 5.97 Å². The number of aromatic nitrogens is 1. The second-order valence-corrected chi connectivity index (χ2v) is 7.41. The number of hydrogen-bond donors (Lipinski definition) is 1. The quantitative estimate of drug-likeness (QED) is 0.742. The van der Waals surface area contributed by atoms with E-state index in [1.807, 2.05) is 13.0 Å². The van der Waals surface area contributed by atoms with Crippen LogP contribution in [0.4, 0.5) is 10.1 Å². The number of rotatable bonds is 4. The van der Waals surface area contributed by atoms with Crippen LogP contribution in [0, 0.1) is 12.7 Å². The van der Waals surface area contributed by atoms with Gasteiger partial charge in [-0.15, -0.1) is 11.3 Å². The Morgan fingerprint density at radius 2 is 2.19 bits per heavy atom. The number of carboxylic acids is 1. The van der Waals surface area contributed by atoms with E-state index in [1.165, 1.54) is 22.3 Å². The number of carbonyl (C=O) groups is 2. The topological polar surface area (TPSA) is 79.7 Å². The number of hydrogen-bond acceptors (Lipinski definition) is 5. The van der Waals surface area contributed by atoms with Crippen LogP contribution in [0.15, 0.2) is 36.4 Å². The predicted octanol–water partition coefficient (Wildman–Crippen LogP) is 3.51. The summed E-state index contributed by atoms with van der Waals surface area (Å²) in [6, 6.07) is 10.1. The van der Waals surface area contributed by atoms with E-state index in [0.29, 0.717) is 21.1 Å². The molecule has 0 saturated heterocycles. The van der Waals surface area contributed by atoms with Crippen LogP contribution >= 0.6 is 11.3 Å². The van der Waals surface area contributed by atoms with Gasteiger partial charge in [0.2, 0.25) is 0 Å². The Morgan fingerprint density at radius 1 is 1.37 bits per heavy atom. The van der Waals surface area contributed by atoms with Crippen LogP contribution in [-0.4, -0.2) is 28.1 Å². The van der Waals surface area contributed by atoms with Gasteiger partial charge in [0.25, 0.3) is 5.91 Å². The van der Waals surface area contributed by atoms with Crippen molar-refractivity contribution in [3.63, 3.8) is 0 Å². The number of para-hydroxylation sites is 1. The van der Waals surface area contributed by atoms with Gasteiger partial charge in [0, 0.05) is 0 Å². The van der Waals surface area contributed by atoms with Crippen LogP contribution in [0.5, 0.6) is 5.75 Å².